The van der Waals surface area contributed by atoms with Gasteiger partial charge in [-0.3, -0.25) is 0 Å². The first-order chi connectivity index (χ1) is 5.43. The lowest BCUT2D eigenvalue weighted by atomic mass is 9.96. The molecule has 12 heavy (non-hydrogen) atoms. The molecule has 0 amide bonds. The van der Waals surface area contributed by atoms with Crippen molar-refractivity contribution >= 4 is 31.9 Å². The molecule has 1 nitrogen and oxygen atoms in total. The third kappa shape index (κ3) is 2.09. The van der Waals surface area contributed by atoms with Gasteiger partial charge in [-0.2, -0.15) is 0 Å². The molecule has 0 aliphatic heterocycles. The fourth-order valence-electron chi connectivity index (χ4n) is 1.00. The van der Waals surface area contributed by atoms with Gasteiger partial charge in [-0.1, -0.05) is 12.1 Å². The molecule has 3 heteroatoms. The standard InChI is InChI=1S/C9H11Br2N/c1-9(2,12)6-4-3-5-7(10)8(6)11/h3-5H,12H2,1-2H3. The number of rotatable bonds is 1. The summed E-state index contributed by atoms with van der Waals surface area (Å²) in [6, 6.07) is 5.99. The lowest BCUT2D eigenvalue weighted by molar-refractivity contribution is 0.551. The molecule has 0 aliphatic carbocycles. The SMILES string of the molecule is CC(C)(N)c1cccc(Br)c1Br. The van der Waals surface area contributed by atoms with Crippen LogP contribution < -0.4 is 5.73 Å². The van der Waals surface area contributed by atoms with Crippen LogP contribution in [-0.2, 0) is 5.54 Å². The van der Waals surface area contributed by atoms with Crippen molar-refractivity contribution in [2.75, 3.05) is 0 Å². The summed E-state index contributed by atoms with van der Waals surface area (Å²) in [4.78, 5) is 0. The Morgan fingerprint density at radius 3 is 2.25 bits per heavy atom. The Kier molecular flexibility index (Phi) is 2.97. The van der Waals surface area contributed by atoms with E-state index in [2.05, 4.69) is 31.9 Å². The Bertz CT molecular complexity index is 289. The summed E-state index contributed by atoms with van der Waals surface area (Å²) in [7, 11) is 0. The zero-order valence-electron chi connectivity index (χ0n) is 7.07. The second kappa shape index (κ2) is 3.48. The summed E-state index contributed by atoms with van der Waals surface area (Å²) in [5.41, 5.74) is 6.78. The molecular formula is C9H11Br2N. The quantitative estimate of drug-likeness (QED) is 0.843. The molecule has 0 saturated carbocycles. The van der Waals surface area contributed by atoms with Crippen LogP contribution in [0.3, 0.4) is 0 Å². The Hall–Kier alpha value is 0.140. The van der Waals surface area contributed by atoms with Crippen LogP contribution in [0.5, 0.6) is 0 Å². The van der Waals surface area contributed by atoms with Gasteiger partial charge >= 0.3 is 0 Å². The molecule has 0 saturated heterocycles. The Balaban J connectivity index is 3.26. The number of halogens is 2. The Morgan fingerprint density at radius 2 is 1.83 bits per heavy atom. The van der Waals surface area contributed by atoms with Gasteiger partial charge in [-0.25, -0.2) is 0 Å². The van der Waals surface area contributed by atoms with Gasteiger partial charge in [-0.15, -0.1) is 0 Å². The van der Waals surface area contributed by atoms with Crippen LogP contribution >= 0.6 is 31.9 Å². The van der Waals surface area contributed by atoms with E-state index in [4.69, 9.17) is 5.73 Å². The van der Waals surface area contributed by atoms with Crippen LogP contribution in [0.2, 0.25) is 0 Å². The lowest BCUT2D eigenvalue weighted by Gasteiger charge is -2.21. The molecule has 0 atom stereocenters. The minimum absolute atomic E-state index is 0.303. The van der Waals surface area contributed by atoms with Crippen LogP contribution in [0.25, 0.3) is 0 Å². The van der Waals surface area contributed by atoms with E-state index < -0.39 is 0 Å². The Morgan fingerprint density at radius 1 is 1.25 bits per heavy atom. The fraction of sp³-hybridized carbons (Fsp3) is 0.333. The van der Waals surface area contributed by atoms with Gasteiger partial charge in [0.1, 0.15) is 0 Å². The van der Waals surface area contributed by atoms with E-state index in [1.807, 2.05) is 32.0 Å². The zero-order chi connectivity index (χ0) is 9.35. The molecule has 1 aromatic carbocycles. The maximum Gasteiger partial charge on any atom is 0.0367 e. The highest BCUT2D eigenvalue weighted by molar-refractivity contribution is 9.13. The molecule has 0 bridgehead atoms. The highest BCUT2D eigenvalue weighted by Crippen LogP contribution is 2.31. The number of nitrogens with two attached hydrogens (primary N) is 1. The molecule has 2 N–H and O–H groups in total. The second-order valence-corrected chi connectivity index (χ2v) is 4.97. The summed E-state index contributed by atoms with van der Waals surface area (Å²) in [6.45, 7) is 3.97. The highest BCUT2D eigenvalue weighted by Gasteiger charge is 2.17. The summed E-state index contributed by atoms with van der Waals surface area (Å²) >= 11 is 6.93. The molecular weight excluding hydrogens is 282 g/mol. The van der Waals surface area contributed by atoms with Crippen LogP contribution in [-0.4, -0.2) is 0 Å². The van der Waals surface area contributed by atoms with Gasteiger partial charge in [0.25, 0.3) is 0 Å². The van der Waals surface area contributed by atoms with Crippen LogP contribution in [0.15, 0.2) is 27.1 Å². The minimum atomic E-state index is -0.303. The van der Waals surface area contributed by atoms with Crippen molar-refractivity contribution in [1.82, 2.24) is 0 Å². The first-order valence-corrected chi connectivity index (χ1v) is 5.25. The number of hydrogen-bond acceptors (Lipinski definition) is 1. The number of benzene rings is 1. The van der Waals surface area contributed by atoms with E-state index in [1.54, 1.807) is 0 Å². The van der Waals surface area contributed by atoms with E-state index in [-0.39, 0.29) is 5.54 Å². The largest absolute Gasteiger partial charge is 0.322 e. The molecule has 66 valence electrons. The molecule has 0 aliphatic rings. The average molecular weight is 293 g/mol. The first kappa shape index (κ1) is 10.2. The predicted octanol–water partition coefficient (Wildman–Crippen LogP) is 3.41. The zero-order valence-corrected chi connectivity index (χ0v) is 10.2. The maximum atomic E-state index is 5.98. The van der Waals surface area contributed by atoms with Crippen molar-refractivity contribution in [3.05, 3.63) is 32.7 Å². The third-order valence-electron chi connectivity index (χ3n) is 1.65. The van der Waals surface area contributed by atoms with E-state index in [9.17, 15) is 0 Å². The fourth-order valence-corrected chi connectivity index (χ4v) is 2.14. The van der Waals surface area contributed by atoms with Crippen molar-refractivity contribution < 1.29 is 0 Å². The summed E-state index contributed by atoms with van der Waals surface area (Å²) < 4.78 is 2.08. The molecule has 0 aromatic heterocycles. The monoisotopic (exact) mass is 291 g/mol. The minimum Gasteiger partial charge on any atom is -0.322 e. The number of hydrogen-bond donors (Lipinski definition) is 1. The van der Waals surface area contributed by atoms with Gasteiger partial charge in [0.2, 0.25) is 0 Å². The maximum absolute atomic E-state index is 5.98. The van der Waals surface area contributed by atoms with Gasteiger partial charge < -0.3 is 5.73 Å². The molecule has 1 aromatic rings. The smallest absolute Gasteiger partial charge is 0.0367 e. The van der Waals surface area contributed by atoms with Gasteiger partial charge in [-0.05, 0) is 57.3 Å². The van der Waals surface area contributed by atoms with E-state index in [0.717, 1.165) is 14.5 Å². The summed E-state index contributed by atoms with van der Waals surface area (Å²) in [5.74, 6) is 0. The van der Waals surface area contributed by atoms with Crippen LogP contribution in [0.1, 0.15) is 19.4 Å². The third-order valence-corrected chi connectivity index (χ3v) is 3.69. The average Bonchev–Trinajstić information content (AvgIpc) is 1.92. The second-order valence-electron chi connectivity index (χ2n) is 3.32. The molecule has 0 fully saturated rings. The molecule has 0 radical (unpaired) electrons. The predicted molar refractivity (Wildman–Crippen MR) is 59.1 cm³/mol. The van der Waals surface area contributed by atoms with E-state index in [1.165, 1.54) is 0 Å². The summed E-state index contributed by atoms with van der Waals surface area (Å²) in [5, 5.41) is 0. The van der Waals surface area contributed by atoms with Crippen molar-refractivity contribution in [2.45, 2.75) is 19.4 Å². The van der Waals surface area contributed by atoms with Crippen LogP contribution in [0, 0.1) is 0 Å². The van der Waals surface area contributed by atoms with Gasteiger partial charge in [0.15, 0.2) is 0 Å². The summed E-state index contributed by atoms with van der Waals surface area (Å²) in [6.07, 6.45) is 0. The molecule has 0 spiro atoms. The van der Waals surface area contributed by atoms with Crippen molar-refractivity contribution in [2.24, 2.45) is 5.73 Å². The molecule has 1 rings (SSSR count). The highest BCUT2D eigenvalue weighted by atomic mass is 79.9. The molecule has 0 heterocycles. The first-order valence-electron chi connectivity index (χ1n) is 3.66. The van der Waals surface area contributed by atoms with E-state index >= 15 is 0 Å². The van der Waals surface area contributed by atoms with Crippen molar-refractivity contribution in [1.29, 1.82) is 0 Å². The van der Waals surface area contributed by atoms with Crippen LogP contribution in [0.4, 0.5) is 0 Å². The van der Waals surface area contributed by atoms with Crippen molar-refractivity contribution in [3.8, 4) is 0 Å². The Labute approximate surface area is 89.6 Å². The van der Waals surface area contributed by atoms with Gasteiger partial charge in [0, 0.05) is 14.5 Å². The topological polar surface area (TPSA) is 26.0 Å². The van der Waals surface area contributed by atoms with Gasteiger partial charge in [0.05, 0.1) is 0 Å². The van der Waals surface area contributed by atoms with Crippen molar-refractivity contribution in [3.63, 3.8) is 0 Å². The lowest BCUT2D eigenvalue weighted by Crippen LogP contribution is -2.29. The normalized spacial score (nSPS) is 11.8. The molecule has 0 unspecified atom stereocenters. The van der Waals surface area contributed by atoms with E-state index in [0.29, 0.717) is 0 Å².